The van der Waals surface area contributed by atoms with Gasteiger partial charge in [0.05, 0.1) is 7.11 Å². The van der Waals surface area contributed by atoms with E-state index in [4.69, 9.17) is 15.2 Å². The molecule has 22 heavy (non-hydrogen) atoms. The summed E-state index contributed by atoms with van der Waals surface area (Å²) in [6.07, 6.45) is 1.03. The monoisotopic (exact) mass is 299 g/mol. The Balaban J connectivity index is 2.14. The molecule has 4 heteroatoms. The summed E-state index contributed by atoms with van der Waals surface area (Å²) in [6.45, 7) is 2.03. The van der Waals surface area contributed by atoms with Crippen LogP contribution >= 0.6 is 0 Å². The molecule has 0 saturated heterocycles. The fraction of sp³-hybridized carbons (Fsp3) is 0.278. The molecule has 1 atom stereocenters. The van der Waals surface area contributed by atoms with Crippen LogP contribution in [0.4, 0.5) is 5.69 Å². The first-order valence-electron chi connectivity index (χ1n) is 7.34. The zero-order valence-corrected chi connectivity index (χ0v) is 12.9. The molecule has 0 aliphatic rings. The minimum absolute atomic E-state index is 0.0265. The summed E-state index contributed by atoms with van der Waals surface area (Å²) < 4.78 is 11.0. The number of benzene rings is 2. The Hall–Kier alpha value is -2.49. The molecule has 0 heterocycles. The van der Waals surface area contributed by atoms with Crippen molar-refractivity contribution in [3.63, 3.8) is 0 Å². The van der Waals surface area contributed by atoms with Crippen molar-refractivity contribution in [1.29, 1.82) is 0 Å². The van der Waals surface area contributed by atoms with Crippen LogP contribution in [0.5, 0.6) is 11.5 Å². The number of ketones is 1. The fourth-order valence-corrected chi connectivity index (χ4v) is 2.16. The molecular weight excluding hydrogens is 278 g/mol. The molecule has 0 bridgehead atoms. The molecule has 0 aliphatic carbocycles. The van der Waals surface area contributed by atoms with Crippen LogP contribution in [0.25, 0.3) is 0 Å². The van der Waals surface area contributed by atoms with E-state index in [-0.39, 0.29) is 5.78 Å². The Kier molecular flexibility index (Phi) is 5.42. The summed E-state index contributed by atoms with van der Waals surface area (Å²) in [5.41, 5.74) is 6.95. The third-order valence-corrected chi connectivity index (χ3v) is 3.38. The molecule has 1 unspecified atom stereocenters. The highest BCUT2D eigenvalue weighted by molar-refractivity contribution is 5.99. The molecule has 0 radical (unpaired) electrons. The van der Waals surface area contributed by atoms with Gasteiger partial charge in [0.25, 0.3) is 0 Å². The van der Waals surface area contributed by atoms with E-state index < -0.39 is 6.10 Å². The molecule has 0 spiro atoms. The quantitative estimate of drug-likeness (QED) is 0.625. The summed E-state index contributed by atoms with van der Waals surface area (Å²) >= 11 is 0. The van der Waals surface area contributed by atoms with Gasteiger partial charge in [-0.2, -0.15) is 0 Å². The van der Waals surface area contributed by atoms with Gasteiger partial charge < -0.3 is 15.2 Å². The van der Waals surface area contributed by atoms with Gasteiger partial charge in [-0.25, -0.2) is 0 Å². The highest BCUT2D eigenvalue weighted by atomic mass is 16.5. The van der Waals surface area contributed by atoms with E-state index in [0.29, 0.717) is 23.4 Å². The first kappa shape index (κ1) is 15.9. The van der Waals surface area contributed by atoms with E-state index in [1.54, 1.807) is 55.6 Å². The van der Waals surface area contributed by atoms with E-state index >= 15 is 0 Å². The lowest BCUT2D eigenvalue weighted by Crippen LogP contribution is -2.27. The van der Waals surface area contributed by atoms with E-state index in [1.807, 2.05) is 6.92 Å². The maximum Gasteiger partial charge on any atom is 0.203 e. The number of hydrogen-bond acceptors (Lipinski definition) is 4. The van der Waals surface area contributed by atoms with Gasteiger partial charge in [-0.15, -0.1) is 0 Å². The fourth-order valence-electron chi connectivity index (χ4n) is 2.16. The molecule has 2 rings (SSSR count). The Morgan fingerprint density at radius 3 is 2.18 bits per heavy atom. The molecule has 2 aromatic carbocycles. The molecule has 116 valence electrons. The highest BCUT2D eigenvalue weighted by Crippen LogP contribution is 2.20. The predicted molar refractivity (Wildman–Crippen MR) is 87.5 cm³/mol. The number of carbonyl (C=O) groups excluding carboxylic acids is 1. The van der Waals surface area contributed by atoms with Crippen LogP contribution < -0.4 is 15.2 Å². The number of carbonyl (C=O) groups is 1. The van der Waals surface area contributed by atoms with Gasteiger partial charge >= 0.3 is 0 Å². The number of rotatable bonds is 7. The van der Waals surface area contributed by atoms with Crippen molar-refractivity contribution < 1.29 is 14.3 Å². The van der Waals surface area contributed by atoms with Gasteiger partial charge in [0.2, 0.25) is 5.78 Å². The SMILES string of the molecule is CCCC(Oc1ccc(N)cc1)C(=O)c1ccc(OC)cc1. The maximum atomic E-state index is 12.6. The molecule has 2 N–H and O–H groups in total. The second kappa shape index (κ2) is 7.50. The molecule has 0 aromatic heterocycles. The van der Waals surface area contributed by atoms with Gasteiger partial charge in [-0.1, -0.05) is 13.3 Å². The molecule has 2 aromatic rings. The lowest BCUT2D eigenvalue weighted by molar-refractivity contribution is 0.0777. The van der Waals surface area contributed by atoms with Gasteiger partial charge in [0.1, 0.15) is 11.5 Å². The van der Waals surface area contributed by atoms with Crippen LogP contribution in [0.2, 0.25) is 0 Å². The van der Waals surface area contributed by atoms with E-state index in [9.17, 15) is 4.79 Å². The Morgan fingerprint density at radius 1 is 1.05 bits per heavy atom. The molecule has 0 amide bonds. The lowest BCUT2D eigenvalue weighted by Gasteiger charge is -2.18. The Labute approximate surface area is 130 Å². The average molecular weight is 299 g/mol. The van der Waals surface area contributed by atoms with Crippen molar-refractivity contribution in [3.8, 4) is 11.5 Å². The van der Waals surface area contributed by atoms with Crippen molar-refractivity contribution in [2.24, 2.45) is 0 Å². The third-order valence-electron chi connectivity index (χ3n) is 3.38. The van der Waals surface area contributed by atoms with Crippen LogP contribution in [-0.4, -0.2) is 19.0 Å². The van der Waals surface area contributed by atoms with Gasteiger partial charge in [0, 0.05) is 11.3 Å². The lowest BCUT2D eigenvalue weighted by atomic mass is 10.0. The van der Waals surface area contributed by atoms with E-state index in [2.05, 4.69) is 0 Å². The zero-order valence-electron chi connectivity index (χ0n) is 12.9. The summed E-state index contributed by atoms with van der Waals surface area (Å²) in [5, 5.41) is 0. The van der Waals surface area contributed by atoms with Crippen LogP contribution in [0.15, 0.2) is 48.5 Å². The molecule has 4 nitrogen and oxygen atoms in total. The predicted octanol–water partition coefficient (Wildman–Crippen LogP) is 3.71. The van der Waals surface area contributed by atoms with E-state index in [0.717, 1.165) is 12.2 Å². The summed E-state index contributed by atoms with van der Waals surface area (Å²) in [4.78, 5) is 12.6. The number of ether oxygens (including phenoxy) is 2. The second-order valence-corrected chi connectivity index (χ2v) is 5.06. The zero-order chi connectivity index (χ0) is 15.9. The first-order chi connectivity index (χ1) is 10.6. The average Bonchev–Trinajstić information content (AvgIpc) is 2.56. The van der Waals surface area contributed by atoms with Crippen molar-refractivity contribution in [2.75, 3.05) is 12.8 Å². The summed E-state index contributed by atoms with van der Waals surface area (Å²) in [6, 6.07) is 14.1. The summed E-state index contributed by atoms with van der Waals surface area (Å²) in [5.74, 6) is 1.35. The van der Waals surface area contributed by atoms with Crippen molar-refractivity contribution in [1.82, 2.24) is 0 Å². The summed E-state index contributed by atoms with van der Waals surface area (Å²) in [7, 11) is 1.60. The van der Waals surface area contributed by atoms with Crippen LogP contribution in [0, 0.1) is 0 Å². The molecule has 0 fully saturated rings. The minimum atomic E-state index is -0.498. The minimum Gasteiger partial charge on any atom is -0.497 e. The number of nitrogen functional groups attached to an aromatic ring is 1. The van der Waals surface area contributed by atoms with Gasteiger partial charge in [-0.05, 0) is 55.0 Å². The van der Waals surface area contributed by atoms with Gasteiger partial charge in [0.15, 0.2) is 6.10 Å². The smallest absolute Gasteiger partial charge is 0.203 e. The Bertz CT molecular complexity index is 605. The van der Waals surface area contributed by atoms with Crippen molar-refractivity contribution in [3.05, 3.63) is 54.1 Å². The number of nitrogens with two attached hydrogens (primary N) is 1. The topological polar surface area (TPSA) is 61.5 Å². The molecular formula is C18H21NO3. The van der Waals surface area contributed by atoms with Gasteiger partial charge in [-0.3, -0.25) is 4.79 Å². The number of Topliss-reactive ketones (excluding diaryl/α,β-unsaturated/α-hetero) is 1. The second-order valence-electron chi connectivity index (χ2n) is 5.06. The Morgan fingerprint density at radius 2 is 1.64 bits per heavy atom. The van der Waals surface area contributed by atoms with Crippen LogP contribution in [0.3, 0.4) is 0 Å². The number of anilines is 1. The van der Waals surface area contributed by atoms with Crippen LogP contribution in [-0.2, 0) is 0 Å². The first-order valence-corrected chi connectivity index (χ1v) is 7.34. The van der Waals surface area contributed by atoms with Crippen LogP contribution in [0.1, 0.15) is 30.1 Å². The standard InChI is InChI=1S/C18H21NO3/c1-3-4-17(22-16-11-7-14(19)8-12-16)18(20)13-5-9-15(21-2)10-6-13/h5-12,17H,3-4,19H2,1-2H3. The molecule has 0 saturated carbocycles. The molecule has 0 aliphatic heterocycles. The number of hydrogen-bond donors (Lipinski definition) is 1. The third kappa shape index (κ3) is 4.01. The normalized spacial score (nSPS) is 11.7. The van der Waals surface area contributed by atoms with Crippen molar-refractivity contribution >= 4 is 11.5 Å². The largest absolute Gasteiger partial charge is 0.497 e. The van der Waals surface area contributed by atoms with E-state index in [1.165, 1.54) is 0 Å². The highest BCUT2D eigenvalue weighted by Gasteiger charge is 2.21. The maximum absolute atomic E-state index is 12.6. The number of methoxy groups -OCH3 is 1. The van der Waals surface area contributed by atoms with Crippen molar-refractivity contribution in [2.45, 2.75) is 25.9 Å².